The number of nitrogens with one attached hydrogen (secondary N) is 1. The number of phenols is 1. The maximum atomic E-state index is 9.88. The van der Waals surface area contributed by atoms with Crippen LogP contribution < -0.4 is 5.32 Å². The first kappa shape index (κ1) is 15.0. The zero-order valence-electron chi connectivity index (χ0n) is 11.3. The number of hydrogen-bond acceptors (Lipinski definition) is 2. The summed E-state index contributed by atoms with van der Waals surface area (Å²) in [5.74, 6) is 1.67. The molecule has 1 aromatic rings. The third-order valence-electron chi connectivity index (χ3n) is 4.12. The summed E-state index contributed by atoms with van der Waals surface area (Å²) in [6.45, 7) is 3.93. The van der Waals surface area contributed by atoms with Gasteiger partial charge >= 0.3 is 0 Å². The van der Waals surface area contributed by atoms with Crippen LogP contribution in [0.5, 0.6) is 5.75 Å². The third-order valence-corrected chi connectivity index (χ3v) is 4.62. The zero-order valence-corrected chi connectivity index (χ0v) is 12.8. The molecule has 106 valence electrons. The molecule has 1 aliphatic carbocycles. The molecule has 0 bridgehead atoms. The second-order valence-electron chi connectivity index (χ2n) is 5.55. The van der Waals surface area contributed by atoms with E-state index in [0.29, 0.717) is 16.6 Å². The van der Waals surface area contributed by atoms with E-state index >= 15 is 0 Å². The lowest BCUT2D eigenvalue weighted by Crippen LogP contribution is -2.29. The third kappa shape index (κ3) is 4.01. The second-order valence-corrected chi connectivity index (χ2v) is 6.39. The van der Waals surface area contributed by atoms with Gasteiger partial charge in [-0.05, 0) is 36.9 Å². The normalized spacial score (nSPS) is 23.5. The van der Waals surface area contributed by atoms with Crippen molar-refractivity contribution in [2.75, 3.05) is 6.54 Å². The molecule has 2 N–H and O–H groups in total. The van der Waals surface area contributed by atoms with Gasteiger partial charge in [-0.15, -0.1) is 0 Å². The molecule has 2 unspecified atom stereocenters. The molecule has 2 nitrogen and oxygen atoms in total. The fraction of sp³-hybridized carbons (Fsp3) is 0.600. The standard InChI is InChI=1S/C15H21Cl2NO/c1-10-4-2-3-5-11(10)8-18-9-12-6-13(16)7-14(17)15(12)19/h6-7,10-11,18-19H,2-5,8-9H2,1H3. The molecule has 1 aromatic carbocycles. The van der Waals surface area contributed by atoms with Crippen molar-refractivity contribution in [3.8, 4) is 5.75 Å². The summed E-state index contributed by atoms with van der Waals surface area (Å²) >= 11 is 11.9. The zero-order chi connectivity index (χ0) is 13.8. The molecule has 0 aliphatic heterocycles. The summed E-state index contributed by atoms with van der Waals surface area (Å²) in [6.07, 6.45) is 5.34. The Bertz CT molecular complexity index is 436. The first-order chi connectivity index (χ1) is 9.08. The van der Waals surface area contributed by atoms with Gasteiger partial charge in [0, 0.05) is 17.1 Å². The molecule has 0 spiro atoms. The van der Waals surface area contributed by atoms with Crippen molar-refractivity contribution in [1.29, 1.82) is 0 Å². The van der Waals surface area contributed by atoms with Crippen molar-refractivity contribution >= 4 is 23.2 Å². The lowest BCUT2D eigenvalue weighted by atomic mass is 9.80. The Labute approximate surface area is 125 Å². The van der Waals surface area contributed by atoms with Crippen LogP contribution in [-0.2, 0) is 6.54 Å². The van der Waals surface area contributed by atoms with Gasteiger partial charge in [-0.3, -0.25) is 0 Å². The minimum absolute atomic E-state index is 0.134. The Morgan fingerprint density at radius 2 is 2.00 bits per heavy atom. The largest absolute Gasteiger partial charge is 0.506 e. The fourth-order valence-electron chi connectivity index (χ4n) is 2.84. The van der Waals surface area contributed by atoms with E-state index in [1.165, 1.54) is 25.7 Å². The molecular weight excluding hydrogens is 281 g/mol. The van der Waals surface area contributed by atoms with E-state index in [1.807, 2.05) is 0 Å². The Hall–Kier alpha value is -0.440. The molecule has 0 amide bonds. The highest BCUT2D eigenvalue weighted by Gasteiger charge is 2.20. The lowest BCUT2D eigenvalue weighted by molar-refractivity contribution is 0.247. The summed E-state index contributed by atoms with van der Waals surface area (Å²) in [6, 6.07) is 3.32. The van der Waals surface area contributed by atoms with Gasteiger partial charge in [0.2, 0.25) is 0 Å². The highest BCUT2D eigenvalue weighted by molar-refractivity contribution is 6.35. The van der Waals surface area contributed by atoms with Gasteiger partial charge in [-0.25, -0.2) is 0 Å². The van der Waals surface area contributed by atoms with Crippen LogP contribution in [0, 0.1) is 11.8 Å². The summed E-state index contributed by atoms with van der Waals surface area (Å²) in [4.78, 5) is 0. The SMILES string of the molecule is CC1CCCCC1CNCc1cc(Cl)cc(Cl)c1O. The summed E-state index contributed by atoms with van der Waals surface area (Å²) in [5.41, 5.74) is 0.765. The van der Waals surface area contributed by atoms with Gasteiger partial charge in [0.1, 0.15) is 5.75 Å². The van der Waals surface area contributed by atoms with E-state index < -0.39 is 0 Å². The van der Waals surface area contributed by atoms with Crippen LogP contribution in [0.25, 0.3) is 0 Å². The van der Waals surface area contributed by atoms with Crippen LogP contribution in [0.4, 0.5) is 0 Å². The van der Waals surface area contributed by atoms with Crippen molar-refractivity contribution in [2.24, 2.45) is 11.8 Å². The maximum Gasteiger partial charge on any atom is 0.138 e. The van der Waals surface area contributed by atoms with Gasteiger partial charge in [0.25, 0.3) is 0 Å². The van der Waals surface area contributed by atoms with Crippen LogP contribution in [0.2, 0.25) is 10.0 Å². The first-order valence-electron chi connectivity index (χ1n) is 6.95. The van der Waals surface area contributed by atoms with Gasteiger partial charge in [-0.1, -0.05) is 49.4 Å². The molecule has 0 heterocycles. The van der Waals surface area contributed by atoms with E-state index in [2.05, 4.69) is 12.2 Å². The van der Waals surface area contributed by atoms with Crippen LogP contribution >= 0.6 is 23.2 Å². The number of phenolic OH excluding ortho intramolecular Hbond substituents is 1. The molecule has 4 heteroatoms. The fourth-order valence-corrected chi connectivity index (χ4v) is 3.38. The van der Waals surface area contributed by atoms with Gasteiger partial charge in [0.15, 0.2) is 0 Å². The van der Waals surface area contributed by atoms with E-state index in [1.54, 1.807) is 12.1 Å². The molecule has 19 heavy (non-hydrogen) atoms. The molecule has 1 fully saturated rings. The van der Waals surface area contributed by atoms with Crippen LogP contribution in [0.1, 0.15) is 38.2 Å². The van der Waals surface area contributed by atoms with Crippen LogP contribution in [0.3, 0.4) is 0 Å². The molecule has 0 saturated heterocycles. The van der Waals surface area contributed by atoms with Crippen molar-refractivity contribution in [3.63, 3.8) is 0 Å². The number of halogens is 2. The molecule has 1 saturated carbocycles. The van der Waals surface area contributed by atoms with E-state index in [0.717, 1.165) is 23.9 Å². The number of aromatic hydroxyl groups is 1. The minimum atomic E-state index is 0.134. The Morgan fingerprint density at radius 3 is 2.74 bits per heavy atom. The molecule has 2 rings (SSSR count). The number of benzene rings is 1. The lowest BCUT2D eigenvalue weighted by Gasteiger charge is -2.29. The molecule has 2 atom stereocenters. The van der Waals surface area contributed by atoms with E-state index in [4.69, 9.17) is 23.2 Å². The van der Waals surface area contributed by atoms with Crippen molar-refractivity contribution < 1.29 is 5.11 Å². The summed E-state index contributed by atoms with van der Waals surface area (Å²) < 4.78 is 0. The second kappa shape index (κ2) is 6.83. The first-order valence-corrected chi connectivity index (χ1v) is 7.71. The van der Waals surface area contributed by atoms with Crippen LogP contribution in [0.15, 0.2) is 12.1 Å². The van der Waals surface area contributed by atoms with Gasteiger partial charge < -0.3 is 10.4 Å². The van der Waals surface area contributed by atoms with Crippen molar-refractivity contribution in [1.82, 2.24) is 5.32 Å². The van der Waals surface area contributed by atoms with Gasteiger partial charge in [0.05, 0.1) is 5.02 Å². The number of hydrogen-bond donors (Lipinski definition) is 2. The van der Waals surface area contributed by atoms with Crippen LogP contribution in [-0.4, -0.2) is 11.7 Å². The summed E-state index contributed by atoms with van der Waals surface area (Å²) in [5, 5.41) is 14.2. The van der Waals surface area contributed by atoms with Crippen molar-refractivity contribution in [2.45, 2.75) is 39.2 Å². The highest BCUT2D eigenvalue weighted by Crippen LogP contribution is 2.32. The topological polar surface area (TPSA) is 32.3 Å². The van der Waals surface area contributed by atoms with Gasteiger partial charge in [-0.2, -0.15) is 0 Å². The molecular formula is C15H21Cl2NO. The Morgan fingerprint density at radius 1 is 1.26 bits per heavy atom. The predicted octanol–water partition coefficient (Wildman–Crippen LogP) is 4.61. The predicted molar refractivity (Wildman–Crippen MR) is 81.0 cm³/mol. The molecule has 1 aliphatic rings. The average molecular weight is 302 g/mol. The minimum Gasteiger partial charge on any atom is -0.506 e. The quantitative estimate of drug-likeness (QED) is 0.851. The van der Waals surface area contributed by atoms with Crippen molar-refractivity contribution in [3.05, 3.63) is 27.7 Å². The average Bonchev–Trinajstić information content (AvgIpc) is 2.37. The Kier molecular flexibility index (Phi) is 5.37. The monoisotopic (exact) mass is 301 g/mol. The molecule has 0 radical (unpaired) electrons. The Balaban J connectivity index is 1.88. The molecule has 0 aromatic heterocycles. The van der Waals surface area contributed by atoms with E-state index in [-0.39, 0.29) is 5.75 Å². The highest BCUT2D eigenvalue weighted by atomic mass is 35.5. The smallest absolute Gasteiger partial charge is 0.138 e. The maximum absolute atomic E-state index is 9.88. The van der Waals surface area contributed by atoms with E-state index in [9.17, 15) is 5.11 Å². The number of rotatable bonds is 4. The summed E-state index contributed by atoms with van der Waals surface area (Å²) in [7, 11) is 0.